The molecule has 0 unspecified atom stereocenters. The number of nitro benzene ring substituents is 2. The Hall–Kier alpha value is -1.05. The van der Waals surface area contributed by atoms with E-state index >= 15 is 0 Å². The first-order valence-electron chi connectivity index (χ1n) is 9.85. The third-order valence-electron chi connectivity index (χ3n) is 4.46. The summed E-state index contributed by atoms with van der Waals surface area (Å²) in [5.74, 6) is -0.208. The molecule has 0 amide bonds. The van der Waals surface area contributed by atoms with E-state index in [4.69, 9.17) is 69.6 Å². The molecule has 3 aromatic carbocycles. The lowest BCUT2D eigenvalue weighted by Gasteiger charge is -2.07. The highest BCUT2D eigenvalue weighted by molar-refractivity contribution is 9.10. The molecule has 0 aromatic heterocycles. The second kappa shape index (κ2) is 16.4. The highest BCUT2D eigenvalue weighted by atomic mass is 79.9. The number of rotatable bonds is 5. The first-order valence-corrected chi connectivity index (χ1v) is 14.3. The Morgan fingerprint density at radius 2 is 1.28 bits per heavy atom. The molecule has 0 fully saturated rings. The van der Waals surface area contributed by atoms with Gasteiger partial charge < -0.3 is 0 Å². The van der Waals surface area contributed by atoms with Crippen LogP contribution >= 0.6 is 101 Å². The fourth-order valence-electron chi connectivity index (χ4n) is 2.61. The average Bonchev–Trinajstić information content (AvgIpc) is 2.83. The molecular weight excluding hydrogens is 786 g/mol. The topological polar surface area (TPSA) is 86.3 Å². The van der Waals surface area contributed by atoms with Crippen molar-refractivity contribution in [3.63, 3.8) is 0 Å². The van der Waals surface area contributed by atoms with Crippen molar-refractivity contribution in [1.29, 1.82) is 0 Å². The monoisotopic (exact) mass is 794 g/mol. The quantitative estimate of drug-likeness (QED) is 0.146. The van der Waals surface area contributed by atoms with Gasteiger partial charge in [0.1, 0.15) is 0 Å². The normalized spacial score (nSPS) is 10.6. The zero-order valence-corrected chi connectivity index (χ0v) is 26.6. The van der Waals surface area contributed by atoms with Gasteiger partial charge in [0.2, 0.25) is 0 Å². The largest absolute Gasteiger partial charge is 0.416 e. The molecule has 0 aliphatic carbocycles. The molecule has 3 rings (SSSR count). The first kappa shape index (κ1) is 36.0. The van der Waals surface area contributed by atoms with Gasteiger partial charge in [-0.3, -0.25) is 20.2 Å². The zero-order valence-electron chi connectivity index (χ0n) is 18.8. The second-order valence-corrected chi connectivity index (χ2v) is 10.7. The van der Waals surface area contributed by atoms with Crippen LogP contribution in [0.5, 0.6) is 0 Å². The molecule has 6 nitrogen and oxygen atoms in total. The zero-order chi connectivity index (χ0) is 30.1. The SMILES string of the molecule is Clc1cc(Br)cc(Cl)c1CBr.O=[N+]([O-])c1cc(C(F)(F)F)ccc1CCl.O=[N+]([O-])c1cc(Cl)cc(Cl)c1CCl. The van der Waals surface area contributed by atoms with Crippen LogP contribution in [-0.2, 0) is 23.3 Å². The summed E-state index contributed by atoms with van der Waals surface area (Å²) >= 11 is 40.5. The second-order valence-electron chi connectivity index (χ2n) is 6.99. The first-order chi connectivity index (χ1) is 18.1. The molecule has 0 saturated carbocycles. The molecule has 39 heavy (non-hydrogen) atoms. The minimum Gasteiger partial charge on any atom is -0.258 e. The lowest BCUT2D eigenvalue weighted by molar-refractivity contribution is -0.385. The van der Waals surface area contributed by atoms with Gasteiger partial charge in [0, 0.05) is 42.6 Å². The summed E-state index contributed by atoms with van der Waals surface area (Å²) in [7, 11) is 0. The van der Waals surface area contributed by atoms with E-state index in [1.54, 1.807) is 0 Å². The van der Waals surface area contributed by atoms with Gasteiger partial charge in [0.25, 0.3) is 11.4 Å². The van der Waals surface area contributed by atoms with Crippen LogP contribution in [0.25, 0.3) is 0 Å². The van der Waals surface area contributed by atoms with Gasteiger partial charge in [0.05, 0.1) is 37.8 Å². The van der Waals surface area contributed by atoms with Crippen LogP contribution in [0.1, 0.15) is 22.3 Å². The third-order valence-corrected chi connectivity index (χ3v) is 7.26. The van der Waals surface area contributed by atoms with Gasteiger partial charge in [-0.2, -0.15) is 13.2 Å². The van der Waals surface area contributed by atoms with Gasteiger partial charge in [0.15, 0.2) is 0 Å². The maximum atomic E-state index is 12.2. The number of hydrogen-bond acceptors (Lipinski definition) is 4. The van der Waals surface area contributed by atoms with Gasteiger partial charge in [-0.25, -0.2) is 0 Å². The maximum Gasteiger partial charge on any atom is 0.416 e. The lowest BCUT2D eigenvalue weighted by atomic mass is 10.1. The van der Waals surface area contributed by atoms with E-state index < -0.39 is 27.3 Å². The molecule has 0 aliphatic rings. The van der Waals surface area contributed by atoms with Crippen LogP contribution in [-0.4, -0.2) is 9.85 Å². The van der Waals surface area contributed by atoms with Gasteiger partial charge in [-0.05, 0) is 29.8 Å². The van der Waals surface area contributed by atoms with Gasteiger partial charge in [-0.1, -0.05) is 84.3 Å². The Bertz CT molecular complexity index is 1330. The van der Waals surface area contributed by atoms with Crippen molar-refractivity contribution in [2.75, 3.05) is 0 Å². The van der Waals surface area contributed by atoms with Crippen molar-refractivity contribution in [3.05, 3.63) is 110 Å². The number of nitro groups is 2. The molecule has 0 spiro atoms. The van der Waals surface area contributed by atoms with Crippen molar-refractivity contribution >= 4 is 113 Å². The van der Waals surface area contributed by atoms with Crippen LogP contribution in [0.4, 0.5) is 24.5 Å². The van der Waals surface area contributed by atoms with E-state index in [-0.39, 0.29) is 38.6 Å². The molecule has 0 bridgehead atoms. The van der Waals surface area contributed by atoms with Crippen molar-refractivity contribution in [3.8, 4) is 0 Å². The molecule has 212 valence electrons. The summed E-state index contributed by atoms with van der Waals surface area (Å²) in [4.78, 5) is 19.5. The van der Waals surface area contributed by atoms with E-state index in [2.05, 4.69) is 31.9 Å². The minimum absolute atomic E-state index is 0.00762. The van der Waals surface area contributed by atoms with Crippen LogP contribution in [0.2, 0.25) is 20.1 Å². The third kappa shape index (κ3) is 11.0. The molecular formula is C22H13Br2Cl6F3N2O4. The predicted octanol–water partition coefficient (Wildman–Crippen LogP) is 11.6. The van der Waals surface area contributed by atoms with E-state index in [1.165, 1.54) is 12.1 Å². The minimum atomic E-state index is -4.59. The number of hydrogen-bond donors (Lipinski definition) is 0. The summed E-state index contributed by atoms with van der Waals surface area (Å²) in [5.41, 5.74) is -0.528. The van der Waals surface area contributed by atoms with Crippen LogP contribution in [0.3, 0.4) is 0 Å². The summed E-state index contributed by atoms with van der Waals surface area (Å²) in [6, 6.07) is 8.56. The molecule has 0 heterocycles. The molecule has 0 saturated heterocycles. The standard InChI is InChI=1S/C8H5ClF3NO2.C7H4Br2Cl2.C7H4Cl3NO2/c9-4-5-1-2-6(8(10,11)12)3-7(5)13(14)15;8-3-5-6(10)1-4(9)2-7(5)11;8-3-5-6(10)1-4(9)2-7(5)11(12)13/h1-3H,4H2;1-2H,3H2;1-2H,3H2. The number of alkyl halides is 6. The Morgan fingerprint density at radius 1 is 0.769 bits per heavy atom. The van der Waals surface area contributed by atoms with Crippen molar-refractivity contribution in [1.82, 2.24) is 0 Å². The predicted molar refractivity (Wildman–Crippen MR) is 157 cm³/mol. The highest BCUT2D eigenvalue weighted by Gasteiger charge is 2.32. The number of nitrogens with zero attached hydrogens (tertiary/aromatic N) is 2. The van der Waals surface area contributed by atoms with Gasteiger partial charge >= 0.3 is 6.18 Å². The van der Waals surface area contributed by atoms with E-state index in [1.807, 2.05) is 12.1 Å². The van der Waals surface area contributed by atoms with Crippen LogP contribution < -0.4 is 0 Å². The molecule has 0 aliphatic heterocycles. The Morgan fingerprint density at radius 3 is 1.69 bits per heavy atom. The van der Waals surface area contributed by atoms with Crippen LogP contribution in [0, 0.1) is 20.2 Å². The van der Waals surface area contributed by atoms with Gasteiger partial charge in [-0.15, -0.1) is 23.2 Å². The van der Waals surface area contributed by atoms with E-state index in [0.717, 1.165) is 22.2 Å². The van der Waals surface area contributed by atoms with E-state index in [0.29, 0.717) is 21.4 Å². The molecule has 0 N–H and O–H groups in total. The Balaban J connectivity index is 0.000000296. The fourth-order valence-corrected chi connectivity index (χ4v) is 6.00. The highest BCUT2D eigenvalue weighted by Crippen LogP contribution is 2.34. The van der Waals surface area contributed by atoms with Crippen molar-refractivity contribution in [2.45, 2.75) is 23.3 Å². The molecule has 3 aromatic rings. The number of halogens is 11. The number of benzene rings is 3. The lowest BCUT2D eigenvalue weighted by Crippen LogP contribution is -2.06. The molecule has 17 heteroatoms. The Labute approximate surface area is 266 Å². The maximum absolute atomic E-state index is 12.2. The summed E-state index contributed by atoms with van der Waals surface area (Å²) in [6.45, 7) is 0. The van der Waals surface area contributed by atoms with E-state index in [9.17, 15) is 33.4 Å². The molecule has 0 atom stereocenters. The molecule has 0 radical (unpaired) electrons. The summed E-state index contributed by atoms with van der Waals surface area (Å²) in [5, 5.41) is 23.4. The fraction of sp³-hybridized carbons (Fsp3) is 0.182. The van der Waals surface area contributed by atoms with Crippen LogP contribution in [0.15, 0.2) is 46.9 Å². The summed E-state index contributed by atoms with van der Waals surface area (Å²) < 4.78 is 37.5. The van der Waals surface area contributed by atoms with Crippen molar-refractivity contribution < 1.29 is 23.0 Å². The van der Waals surface area contributed by atoms with Crippen molar-refractivity contribution in [2.24, 2.45) is 0 Å². The smallest absolute Gasteiger partial charge is 0.258 e. The average molecular weight is 799 g/mol. The summed E-state index contributed by atoms with van der Waals surface area (Å²) in [6.07, 6.45) is -4.59. The Kier molecular flexibility index (Phi) is 15.1.